The molecule has 0 unspecified atom stereocenters. The zero-order valence-corrected chi connectivity index (χ0v) is 17.2. The highest BCUT2D eigenvalue weighted by Crippen LogP contribution is 2.36. The second-order valence-corrected chi connectivity index (χ2v) is 7.32. The molecular formula is C21H28N2O6. The van der Waals surface area contributed by atoms with Crippen molar-refractivity contribution in [3.63, 3.8) is 0 Å². The number of benzene rings is 1. The lowest BCUT2D eigenvalue weighted by molar-refractivity contribution is -0.152. The van der Waals surface area contributed by atoms with Crippen LogP contribution in [-0.2, 0) is 19.1 Å². The number of rotatable bonds is 6. The third-order valence-electron chi connectivity index (χ3n) is 5.50. The summed E-state index contributed by atoms with van der Waals surface area (Å²) in [5.74, 6) is -0.0521. The number of carbonyl (C=O) groups is 3. The van der Waals surface area contributed by atoms with Crippen molar-refractivity contribution >= 4 is 23.5 Å². The van der Waals surface area contributed by atoms with E-state index in [9.17, 15) is 14.4 Å². The number of amides is 2. The van der Waals surface area contributed by atoms with E-state index in [1.165, 1.54) is 7.11 Å². The van der Waals surface area contributed by atoms with Crippen LogP contribution in [0.5, 0.6) is 11.5 Å². The van der Waals surface area contributed by atoms with Crippen molar-refractivity contribution < 1.29 is 28.6 Å². The molecular weight excluding hydrogens is 376 g/mol. The van der Waals surface area contributed by atoms with Gasteiger partial charge in [-0.15, -0.1) is 0 Å². The molecule has 0 spiro atoms. The Labute approximate surface area is 170 Å². The van der Waals surface area contributed by atoms with Crippen LogP contribution in [-0.4, -0.2) is 63.1 Å². The Balaban J connectivity index is 1.71. The minimum Gasteiger partial charge on any atom is -0.497 e. The summed E-state index contributed by atoms with van der Waals surface area (Å²) in [7, 11) is 3.10. The SMILES string of the molecule is CCOC(=O)[C@@H]1CCCN(C(=O)[C@@H]2CC(=O)N(c3cc(OC)ccc3OC)C2)C1. The summed E-state index contributed by atoms with van der Waals surface area (Å²) in [6.45, 7) is 3.33. The van der Waals surface area contributed by atoms with Gasteiger partial charge < -0.3 is 24.0 Å². The summed E-state index contributed by atoms with van der Waals surface area (Å²) in [4.78, 5) is 41.1. The van der Waals surface area contributed by atoms with E-state index in [2.05, 4.69) is 0 Å². The maximum Gasteiger partial charge on any atom is 0.310 e. The largest absolute Gasteiger partial charge is 0.497 e. The van der Waals surface area contributed by atoms with Gasteiger partial charge in [0, 0.05) is 32.1 Å². The van der Waals surface area contributed by atoms with Crippen molar-refractivity contribution in [2.24, 2.45) is 11.8 Å². The molecule has 3 rings (SSSR count). The predicted molar refractivity (Wildman–Crippen MR) is 106 cm³/mol. The second-order valence-electron chi connectivity index (χ2n) is 7.32. The highest BCUT2D eigenvalue weighted by molar-refractivity contribution is 6.01. The predicted octanol–water partition coefficient (Wildman–Crippen LogP) is 1.86. The first-order chi connectivity index (χ1) is 14.0. The number of hydrogen-bond donors (Lipinski definition) is 0. The van der Waals surface area contributed by atoms with E-state index in [0.717, 1.165) is 12.8 Å². The molecule has 2 heterocycles. The number of carbonyl (C=O) groups excluding carboxylic acids is 3. The van der Waals surface area contributed by atoms with Gasteiger partial charge in [0.05, 0.1) is 38.3 Å². The van der Waals surface area contributed by atoms with Crippen LogP contribution in [0, 0.1) is 11.8 Å². The lowest BCUT2D eigenvalue weighted by Crippen LogP contribution is -2.45. The van der Waals surface area contributed by atoms with Gasteiger partial charge in [0.2, 0.25) is 11.8 Å². The molecule has 29 heavy (non-hydrogen) atoms. The molecule has 8 nitrogen and oxygen atoms in total. The van der Waals surface area contributed by atoms with Crippen LogP contribution in [0.1, 0.15) is 26.2 Å². The molecule has 0 aromatic heterocycles. The number of ether oxygens (including phenoxy) is 3. The van der Waals surface area contributed by atoms with E-state index >= 15 is 0 Å². The first-order valence-electron chi connectivity index (χ1n) is 9.96. The number of esters is 1. The molecule has 2 atom stereocenters. The molecule has 0 radical (unpaired) electrons. The summed E-state index contributed by atoms with van der Waals surface area (Å²) in [5, 5.41) is 0. The fourth-order valence-corrected chi connectivity index (χ4v) is 4.00. The Bertz CT molecular complexity index is 780. The minimum absolute atomic E-state index is 0.0864. The molecule has 2 saturated heterocycles. The smallest absolute Gasteiger partial charge is 0.310 e. The number of hydrogen-bond acceptors (Lipinski definition) is 6. The highest BCUT2D eigenvalue weighted by Gasteiger charge is 2.40. The van der Waals surface area contributed by atoms with Crippen molar-refractivity contribution in [3.8, 4) is 11.5 Å². The standard InChI is InChI=1S/C21H28N2O6/c1-4-29-21(26)14-6-5-9-22(12-14)20(25)15-10-19(24)23(13-15)17-11-16(27-2)7-8-18(17)28-3/h7-8,11,14-15H,4-6,9-10,12-13H2,1-3H3/t14-,15-/m1/s1. The molecule has 0 aliphatic carbocycles. The molecule has 0 saturated carbocycles. The third kappa shape index (κ3) is 4.46. The van der Waals surface area contributed by atoms with Crippen LogP contribution in [0.3, 0.4) is 0 Å². The fourth-order valence-electron chi connectivity index (χ4n) is 4.00. The normalized spacial score (nSPS) is 21.8. The Morgan fingerprint density at radius 1 is 1.14 bits per heavy atom. The van der Waals surface area contributed by atoms with Gasteiger partial charge in [0.25, 0.3) is 0 Å². The van der Waals surface area contributed by atoms with E-state index in [-0.39, 0.29) is 36.7 Å². The molecule has 0 bridgehead atoms. The van der Waals surface area contributed by atoms with Crippen molar-refractivity contribution in [2.75, 3.05) is 45.4 Å². The van der Waals surface area contributed by atoms with Crippen molar-refractivity contribution in [3.05, 3.63) is 18.2 Å². The van der Waals surface area contributed by atoms with Crippen molar-refractivity contribution in [1.82, 2.24) is 4.90 Å². The average molecular weight is 404 g/mol. The van der Waals surface area contributed by atoms with Crippen LogP contribution >= 0.6 is 0 Å². The summed E-state index contributed by atoms with van der Waals surface area (Å²) >= 11 is 0. The van der Waals surface area contributed by atoms with Gasteiger partial charge in [0.1, 0.15) is 11.5 Å². The molecule has 158 valence electrons. The number of nitrogens with zero attached hydrogens (tertiary/aromatic N) is 2. The van der Waals surface area contributed by atoms with E-state index in [0.29, 0.717) is 36.9 Å². The van der Waals surface area contributed by atoms with Crippen LogP contribution < -0.4 is 14.4 Å². The molecule has 2 amide bonds. The molecule has 0 N–H and O–H groups in total. The lowest BCUT2D eigenvalue weighted by Gasteiger charge is -2.33. The number of likely N-dealkylation sites (tertiary alicyclic amines) is 1. The van der Waals surface area contributed by atoms with Crippen LogP contribution in [0.15, 0.2) is 18.2 Å². The van der Waals surface area contributed by atoms with E-state index in [1.807, 2.05) is 0 Å². The molecule has 2 aliphatic rings. The molecule has 2 aliphatic heterocycles. The molecule has 2 fully saturated rings. The Hall–Kier alpha value is -2.77. The van der Waals surface area contributed by atoms with Gasteiger partial charge in [-0.2, -0.15) is 0 Å². The monoisotopic (exact) mass is 404 g/mol. The second kappa shape index (κ2) is 9.15. The van der Waals surface area contributed by atoms with E-state index in [4.69, 9.17) is 14.2 Å². The minimum atomic E-state index is -0.445. The molecule has 1 aromatic rings. The molecule has 8 heteroatoms. The van der Waals surface area contributed by atoms with E-state index in [1.54, 1.807) is 42.0 Å². The topological polar surface area (TPSA) is 85.4 Å². The van der Waals surface area contributed by atoms with Gasteiger partial charge in [0.15, 0.2) is 0 Å². The quantitative estimate of drug-likeness (QED) is 0.673. The Morgan fingerprint density at radius 2 is 1.93 bits per heavy atom. The zero-order valence-electron chi connectivity index (χ0n) is 17.2. The maximum atomic E-state index is 13.1. The fraction of sp³-hybridized carbons (Fsp3) is 0.571. The zero-order chi connectivity index (χ0) is 21.0. The van der Waals surface area contributed by atoms with Crippen LogP contribution in [0.25, 0.3) is 0 Å². The highest BCUT2D eigenvalue weighted by atomic mass is 16.5. The van der Waals surface area contributed by atoms with Gasteiger partial charge in [-0.05, 0) is 31.9 Å². The summed E-state index contributed by atoms with van der Waals surface area (Å²) in [6, 6.07) is 5.24. The first kappa shape index (κ1) is 21.0. The van der Waals surface area contributed by atoms with Crippen molar-refractivity contribution in [1.29, 1.82) is 0 Å². The third-order valence-corrected chi connectivity index (χ3v) is 5.50. The number of anilines is 1. The van der Waals surface area contributed by atoms with E-state index < -0.39 is 5.92 Å². The summed E-state index contributed by atoms with van der Waals surface area (Å²) in [5.41, 5.74) is 0.593. The summed E-state index contributed by atoms with van der Waals surface area (Å²) < 4.78 is 15.8. The number of methoxy groups -OCH3 is 2. The average Bonchev–Trinajstić information content (AvgIpc) is 3.14. The van der Waals surface area contributed by atoms with Gasteiger partial charge in [-0.25, -0.2) is 0 Å². The Kier molecular flexibility index (Phi) is 6.61. The summed E-state index contributed by atoms with van der Waals surface area (Å²) in [6.07, 6.45) is 1.61. The number of piperidine rings is 1. The lowest BCUT2D eigenvalue weighted by atomic mass is 9.96. The Morgan fingerprint density at radius 3 is 2.62 bits per heavy atom. The first-order valence-corrected chi connectivity index (χ1v) is 9.96. The van der Waals surface area contributed by atoms with Gasteiger partial charge >= 0.3 is 5.97 Å². The van der Waals surface area contributed by atoms with Gasteiger partial charge in [-0.1, -0.05) is 0 Å². The molecule has 1 aromatic carbocycles. The van der Waals surface area contributed by atoms with Crippen LogP contribution in [0.4, 0.5) is 5.69 Å². The maximum absolute atomic E-state index is 13.1. The van der Waals surface area contributed by atoms with Crippen molar-refractivity contribution in [2.45, 2.75) is 26.2 Å². The van der Waals surface area contributed by atoms with Crippen LogP contribution in [0.2, 0.25) is 0 Å². The van der Waals surface area contributed by atoms with Gasteiger partial charge in [-0.3, -0.25) is 14.4 Å².